The van der Waals surface area contributed by atoms with Gasteiger partial charge in [0.25, 0.3) is 0 Å². The van der Waals surface area contributed by atoms with Crippen molar-refractivity contribution in [1.82, 2.24) is 0 Å². The highest BCUT2D eigenvalue weighted by Crippen LogP contribution is 2.50. The van der Waals surface area contributed by atoms with Crippen LogP contribution in [-0.2, 0) is 6.42 Å². The van der Waals surface area contributed by atoms with E-state index < -0.39 is 30.4 Å². The molecule has 0 spiro atoms. The van der Waals surface area contributed by atoms with E-state index in [4.69, 9.17) is 0 Å². The standard InChI is InChI=1S/C13H12F7/c1-9(7-8-10-5-3-2-4-6-10)11(14,15)12(16,17)13(18,19)20/h2-6,9H,1,7-8H2. The van der Waals surface area contributed by atoms with Gasteiger partial charge in [-0.15, -0.1) is 0 Å². The summed E-state index contributed by atoms with van der Waals surface area (Å²) in [5.41, 5.74) is 0.562. The first kappa shape index (κ1) is 16.8. The second kappa shape index (κ2) is 5.61. The van der Waals surface area contributed by atoms with Gasteiger partial charge in [-0.3, -0.25) is 0 Å². The molecule has 0 heterocycles. The molecule has 113 valence electrons. The van der Waals surface area contributed by atoms with Gasteiger partial charge in [0, 0.05) is 5.92 Å². The highest BCUT2D eigenvalue weighted by Gasteiger charge is 2.74. The minimum atomic E-state index is -6.31. The summed E-state index contributed by atoms with van der Waals surface area (Å²) < 4.78 is 88.0. The van der Waals surface area contributed by atoms with Crippen molar-refractivity contribution in [2.24, 2.45) is 5.92 Å². The number of aryl methyl sites for hydroxylation is 1. The van der Waals surface area contributed by atoms with Gasteiger partial charge in [0.1, 0.15) is 0 Å². The van der Waals surface area contributed by atoms with Crippen LogP contribution >= 0.6 is 0 Å². The van der Waals surface area contributed by atoms with E-state index in [0.717, 1.165) is 0 Å². The third kappa shape index (κ3) is 3.24. The molecular weight excluding hydrogens is 289 g/mol. The number of hydrogen-bond donors (Lipinski definition) is 0. The number of rotatable bonds is 5. The van der Waals surface area contributed by atoms with Crippen LogP contribution in [0, 0.1) is 12.8 Å². The van der Waals surface area contributed by atoms with E-state index in [1.54, 1.807) is 30.3 Å². The number of halogens is 7. The van der Waals surface area contributed by atoms with Gasteiger partial charge < -0.3 is 0 Å². The first-order valence-electron chi connectivity index (χ1n) is 5.69. The number of hydrogen-bond acceptors (Lipinski definition) is 0. The van der Waals surface area contributed by atoms with Crippen molar-refractivity contribution in [2.45, 2.75) is 30.9 Å². The molecule has 0 N–H and O–H groups in total. The first-order valence-corrected chi connectivity index (χ1v) is 5.69. The average Bonchev–Trinajstić information content (AvgIpc) is 2.35. The van der Waals surface area contributed by atoms with Crippen LogP contribution < -0.4 is 0 Å². The normalized spacial score (nSPS) is 15.2. The van der Waals surface area contributed by atoms with Gasteiger partial charge >= 0.3 is 18.0 Å². The molecule has 1 aromatic rings. The van der Waals surface area contributed by atoms with Gasteiger partial charge in [-0.05, 0) is 25.3 Å². The Labute approximate surface area is 111 Å². The summed E-state index contributed by atoms with van der Waals surface area (Å²) in [6.45, 7) is 2.77. The van der Waals surface area contributed by atoms with Crippen LogP contribution in [0.4, 0.5) is 30.7 Å². The highest BCUT2D eigenvalue weighted by molar-refractivity contribution is 5.15. The third-order valence-electron chi connectivity index (χ3n) is 2.91. The zero-order valence-corrected chi connectivity index (χ0v) is 10.2. The summed E-state index contributed by atoms with van der Waals surface area (Å²) in [5.74, 6) is -13.7. The summed E-state index contributed by atoms with van der Waals surface area (Å²) in [6.07, 6.45) is -6.94. The number of benzene rings is 1. The molecule has 1 rings (SSSR count). The molecule has 1 aromatic carbocycles. The fraction of sp³-hybridized carbons (Fsp3) is 0.462. The van der Waals surface area contributed by atoms with Gasteiger partial charge in [-0.1, -0.05) is 30.3 Å². The summed E-state index contributed by atoms with van der Waals surface area (Å²) in [7, 11) is 0. The molecule has 0 saturated heterocycles. The minimum absolute atomic E-state index is 0.0570. The Morgan fingerprint density at radius 3 is 1.85 bits per heavy atom. The van der Waals surface area contributed by atoms with Crippen LogP contribution in [0.5, 0.6) is 0 Å². The largest absolute Gasteiger partial charge is 0.459 e. The van der Waals surface area contributed by atoms with E-state index in [1.807, 2.05) is 0 Å². The molecule has 0 nitrogen and oxygen atoms in total. The minimum Gasteiger partial charge on any atom is -0.199 e. The van der Waals surface area contributed by atoms with E-state index >= 15 is 0 Å². The van der Waals surface area contributed by atoms with Crippen molar-refractivity contribution in [3.8, 4) is 0 Å². The van der Waals surface area contributed by atoms with Crippen LogP contribution in [0.2, 0.25) is 0 Å². The van der Waals surface area contributed by atoms with E-state index in [1.165, 1.54) is 0 Å². The molecule has 1 atom stereocenters. The van der Waals surface area contributed by atoms with Gasteiger partial charge in [0.05, 0.1) is 0 Å². The van der Waals surface area contributed by atoms with E-state index in [2.05, 4.69) is 6.92 Å². The fourth-order valence-corrected chi connectivity index (χ4v) is 1.61. The van der Waals surface area contributed by atoms with Crippen LogP contribution in [0.15, 0.2) is 30.3 Å². The molecule has 1 unspecified atom stereocenters. The van der Waals surface area contributed by atoms with Crippen molar-refractivity contribution in [2.75, 3.05) is 0 Å². The highest BCUT2D eigenvalue weighted by atomic mass is 19.4. The summed E-state index contributed by atoms with van der Waals surface area (Å²) >= 11 is 0. The molecule has 0 fully saturated rings. The van der Waals surface area contributed by atoms with Gasteiger partial charge in [0.2, 0.25) is 0 Å². The third-order valence-corrected chi connectivity index (χ3v) is 2.91. The summed E-state index contributed by atoms with van der Waals surface area (Å²) in [5, 5.41) is 0. The lowest BCUT2D eigenvalue weighted by molar-refractivity contribution is -0.363. The van der Waals surface area contributed by atoms with E-state index in [0.29, 0.717) is 5.56 Å². The molecule has 0 bridgehead atoms. The molecule has 7 heteroatoms. The lowest BCUT2D eigenvalue weighted by Crippen LogP contribution is -2.55. The maximum Gasteiger partial charge on any atom is 0.459 e. The topological polar surface area (TPSA) is 0 Å². The van der Waals surface area contributed by atoms with Crippen molar-refractivity contribution in [1.29, 1.82) is 0 Å². The molecule has 1 radical (unpaired) electrons. The molecule has 0 saturated carbocycles. The van der Waals surface area contributed by atoms with Gasteiger partial charge in [-0.25, -0.2) is 0 Å². The lowest BCUT2D eigenvalue weighted by atomic mass is 9.91. The summed E-state index contributed by atoms with van der Waals surface area (Å²) in [6, 6.07) is 8.00. The predicted molar refractivity (Wildman–Crippen MR) is 59.6 cm³/mol. The Balaban J connectivity index is 2.77. The van der Waals surface area contributed by atoms with Crippen LogP contribution in [0.25, 0.3) is 0 Å². The zero-order valence-electron chi connectivity index (χ0n) is 10.2. The fourth-order valence-electron chi connectivity index (χ4n) is 1.61. The zero-order chi connectivity index (χ0) is 15.6. The first-order chi connectivity index (χ1) is 9.00. The Kier molecular flexibility index (Phi) is 4.71. The number of alkyl halides is 7. The Hall–Kier alpha value is -1.27. The predicted octanol–water partition coefficient (Wildman–Crippen LogP) is 4.90. The van der Waals surface area contributed by atoms with Gasteiger partial charge in [0.15, 0.2) is 0 Å². The lowest BCUT2D eigenvalue weighted by Gasteiger charge is -2.32. The second-order valence-corrected chi connectivity index (χ2v) is 4.42. The molecule has 0 aliphatic carbocycles. The SMILES string of the molecule is [CH2]C(CCc1ccccc1)C(F)(F)C(F)(F)C(F)(F)F. The van der Waals surface area contributed by atoms with Crippen molar-refractivity contribution < 1.29 is 30.7 Å². The Morgan fingerprint density at radius 1 is 0.900 bits per heavy atom. The van der Waals surface area contributed by atoms with Crippen molar-refractivity contribution in [3.63, 3.8) is 0 Å². The van der Waals surface area contributed by atoms with Crippen LogP contribution in [0.1, 0.15) is 12.0 Å². The smallest absolute Gasteiger partial charge is 0.199 e. The quantitative estimate of drug-likeness (QED) is 0.678. The van der Waals surface area contributed by atoms with Crippen molar-refractivity contribution >= 4 is 0 Å². The van der Waals surface area contributed by atoms with E-state index in [9.17, 15) is 30.7 Å². The Bertz CT molecular complexity index is 422. The van der Waals surface area contributed by atoms with E-state index in [-0.39, 0.29) is 6.42 Å². The van der Waals surface area contributed by atoms with Crippen LogP contribution in [-0.4, -0.2) is 18.0 Å². The molecule has 0 aromatic heterocycles. The average molecular weight is 301 g/mol. The molecular formula is C13H12F7. The molecule has 0 aliphatic heterocycles. The molecule has 0 amide bonds. The maximum atomic E-state index is 13.3. The molecule has 20 heavy (non-hydrogen) atoms. The monoisotopic (exact) mass is 301 g/mol. The maximum absolute atomic E-state index is 13.3. The summed E-state index contributed by atoms with van der Waals surface area (Å²) in [4.78, 5) is 0. The second-order valence-electron chi connectivity index (χ2n) is 4.42. The Morgan fingerprint density at radius 2 is 1.40 bits per heavy atom. The molecule has 0 aliphatic rings. The van der Waals surface area contributed by atoms with Crippen molar-refractivity contribution in [3.05, 3.63) is 42.8 Å². The van der Waals surface area contributed by atoms with Gasteiger partial charge in [-0.2, -0.15) is 30.7 Å². The van der Waals surface area contributed by atoms with Crippen LogP contribution in [0.3, 0.4) is 0 Å².